The lowest BCUT2D eigenvalue weighted by Crippen LogP contribution is -2.38. The number of aliphatic imine (C=N–C) groups is 1. The fourth-order valence-corrected chi connectivity index (χ4v) is 3.09. The standard InChI is InChI=1S/C24H35N3O4/c1-6-30-13-14-31-23-15-18(2)7-8-20(23)17-27-24(25-3)26-12-11-19-16-21(28-4)9-10-22(19)29-5/h7-10,15-16H,6,11-14,17H2,1-5H3,(H2,25,26,27). The van der Waals surface area contributed by atoms with Crippen LogP contribution in [0.4, 0.5) is 0 Å². The third-order valence-electron chi connectivity index (χ3n) is 4.76. The predicted octanol–water partition coefficient (Wildman–Crippen LogP) is 3.34. The summed E-state index contributed by atoms with van der Waals surface area (Å²) in [5.74, 6) is 3.25. The minimum atomic E-state index is 0.527. The van der Waals surface area contributed by atoms with E-state index in [2.05, 4.69) is 34.7 Å². The molecule has 0 bridgehead atoms. The zero-order valence-corrected chi connectivity index (χ0v) is 19.3. The molecule has 0 amide bonds. The molecule has 0 aromatic heterocycles. The summed E-state index contributed by atoms with van der Waals surface area (Å²) in [5.41, 5.74) is 3.30. The molecule has 170 valence electrons. The number of guanidine groups is 1. The molecule has 2 N–H and O–H groups in total. The largest absolute Gasteiger partial charge is 0.497 e. The van der Waals surface area contributed by atoms with Gasteiger partial charge in [0.05, 0.1) is 20.8 Å². The van der Waals surface area contributed by atoms with Gasteiger partial charge in [-0.25, -0.2) is 0 Å². The predicted molar refractivity (Wildman–Crippen MR) is 125 cm³/mol. The van der Waals surface area contributed by atoms with E-state index in [4.69, 9.17) is 18.9 Å². The summed E-state index contributed by atoms with van der Waals surface area (Å²) < 4.78 is 22.1. The van der Waals surface area contributed by atoms with E-state index in [0.717, 1.165) is 46.3 Å². The summed E-state index contributed by atoms with van der Waals surface area (Å²) in [6.45, 7) is 7.13. The van der Waals surface area contributed by atoms with Gasteiger partial charge < -0.3 is 29.6 Å². The molecule has 7 nitrogen and oxygen atoms in total. The molecule has 0 aliphatic carbocycles. The van der Waals surface area contributed by atoms with Gasteiger partial charge in [-0.15, -0.1) is 0 Å². The highest BCUT2D eigenvalue weighted by Gasteiger charge is 2.08. The van der Waals surface area contributed by atoms with Gasteiger partial charge in [0.1, 0.15) is 23.9 Å². The number of rotatable bonds is 12. The Bertz CT molecular complexity index is 840. The van der Waals surface area contributed by atoms with Crippen molar-refractivity contribution in [3.05, 3.63) is 53.1 Å². The number of methoxy groups -OCH3 is 2. The average Bonchev–Trinajstić information content (AvgIpc) is 2.79. The van der Waals surface area contributed by atoms with E-state index in [0.29, 0.717) is 32.9 Å². The van der Waals surface area contributed by atoms with Gasteiger partial charge in [0.15, 0.2) is 5.96 Å². The fraction of sp³-hybridized carbons (Fsp3) is 0.458. The molecule has 0 aliphatic heterocycles. The van der Waals surface area contributed by atoms with Crippen molar-refractivity contribution in [3.8, 4) is 17.2 Å². The van der Waals surface area contributed by atoms with Crippen LogP contribution in [0.2, 0.25) is 0 Å². The maximum absolute atomic E-state index is 5.92. The summed E-state index contributed by atoms with van der Waals surface area (Å²) in [4.78, 5) is 4.32. The Kier molecular flexibility index (Phi) is 10.5. The number of hydrogen-bond acceptors (Lipinski definition) is 5. The second-order valence-corrected chi connectivity index (χ2v) is 6.94. The fourth-order valence-electron chi connectivity index (χ4n) is 3.09. The Morgan fingerprint density at radius 1 is 0.935 bits per heavy atom. The van der Waals surface area contributed by atoms with E-state index in [1.165, 1.54) is 0 Å². The Morgan fingerprint density at radius 2 is 1.77 bits per heavy atom. The minimum Gasteiger partial charge on any atom is -0.497 e. The number of aryl methyl sites for hydroxylation is 1. The molecule has 0 spiro atoms. The van der Waals surface area contributed by atoms with Crippen LogP contribution < -0.4 is 24.8 Å². The molecule has 0 unspecified atom stereocenters. The van der Waals surface area contributed by atoms with E-state index in [1.54, 1.807) is 21.3 Å². The van der Waals surface area contributed by atoms with Gasteiger partial charge in [0.2, 0.25) is 0 Å². The number of hydrogen-bond donors (Lipinski definition) is 2. The van der Waals surface area contributed by atoms with Crippen molar-refractivity contribution in [1.82, 2.24) is 10.6 Å². The molecule has 31 heavy (non-hydrogen) atoms. The van der Waals surface area contributed by atoms with Crippen molar-refractivity contribution in [3.63, 3.8) is 0 Å². The molecule has 0 radical (unpaired) electrons. The molecule has 0 saturated carbocycles. The first-order chi connectivity index (χ1) is 15.1. The smallest absolute Gasteiger partial charge is 0.191 e. The lowest BCUT2D eigenvalue weighted by atomic mass is 10.1. The van der Waals surface area contributed by atoms with Crippen molar-refractivity contribution < 1.29 is 18.9 Å². The van der Waals surface area contributed by atoms with E-state index >= 15 is 0 Å². The highest BCUT2D eigenvalue weighted by atomic mass is 16.5. The number of benzene rings is 2. The van der Waals surface area contributed by atoms with Crippen LogP contribution in [-0.2, 0) is 17.7 Å². The van der Waals surface area contributed by atoms with Crippen LogP contribution in [0, 0.1) is 6.92 Å². The monoisotopic (exact) mass is 429 g/mol. The van der Waals surface area contributed by atoms with Gasteiger partial charge in [-0.05, 0) is 55.7 Å². The first kappa shape index (κ1) is 24.3. The third kappa shape index (κ3) is 8.02. The molecule has 2 rings (SSSR count). The molecule has 0 aliphatic rings. The normalized spacial score (nSPS) is 11.2. The van der Waals surface area contributed by atoms with E-state index < -0.39 is 0 Å². The Hall–Kier alpha value is -2.93. The quantitative estimate of drug-likeness (QED) is 0.306. The van der Waals surface area contributed by atoms with E-state index in [1.807, 2.05) is 31.2 Å². The first-order valence-electron chi connectivity index (χ1n) is 10.6. The van der Waals surface area contributed by atoms with Crippen molar-refractivity contribution in [2.24, 2.45) is 4.99 Å². The van der Waals surface area contributed by atoms with Crippen LogP contribution in [0.5, 0.6) is 17.2 Å². The molecule has 0 atom stereocenters. The number of nitrogens with one attached hydrogen (secondary N) is 2. The zero-order chi connectivity index (χ0) is 22.5. The molecule has 2 aromatic carbocycles. The maximum atomic E-state index is 5.92. The SMILES string of the molecule is CCOCCOc1cc(C)ccc1CNC(=NC)NCCc1cc(OC)ccc1OC. The topological polar surface area (TPSA) is 73.3 Å². The minimum absolute atomic E-state index is 0.527. The van der Waals surface area contributed by atoms with Crippen LogP contribution in [-0.4, -0.2) is 53.6 Å². The van der Waals surface area contributed by atoms with Gasteiger partial charge in [-0.3, -0.25) is 4.99 Å². The summed E-state index contributed by atoms with van der Waals surface area (Å²) >= 11 is 0. The van der Waals surface area contributed by atoms with Gasteiger partial charge in [0, 0.05) is 32.3 Å². The Morgan fingerprint density at radius 3 is 2.48 bits per heavy atom. The molecule has 2 aromatic rings. The summed E-state index contributed by atoms with van der Waals surface area (Å²) in [5, 5.41) is 6.71. The second-order valence-electron chi connectivity index (χ2n) is 6.94. The third-order valence-corrected chi connectivity index (χ3v) is 4.76. The summed E-state index contributed by atoms with van der Waals surface area (Å²) in [7, 11) is 5.10. The van der Waals surface area contributed by atoms with Crippen molar-refractivity contribution in [1.29, 1.82) is 0 Å². The highest BCUT2D eigenvalue weighted by molar-refractivity contribution is 5.79. The van der Waals surface area contributed by atoms with Crippen LogP contribution in [0.1, 0.15) is 23.6 Å². The van der Waals surface area contributed by atoms with Crippen LogP contribution >= 0.6 is 0 Å². The lowest BCUT2D eigenvalue weighted by Gasteiger charge is -2.16. The maximum Gasteiger partial charge on any atom is 0.191 e. The van der Waals surface area contributed by atoms with Crippen molar-refractivity contribution >= 4 is 5.96 Å². The lowest BCUT2D eigenvalue weighted by molar-refractivity contribution is 0.110. The molecular formula is C24H35N3O4. The number of nitrogens with zero attached hydrogens (tertiary/aromatic N) is 1. The average molecular weight is 430 g/mol. The molecule has 0 heterocycles. The van der Waals surface area contributed by atoms with Crippen molar-refractivity contribution in [2.75, 3.05) is 47.6 Å². The zero-order valence-electron chi connectivity index (χ0n) is 19.3. The van der Waals surface area contributed by atoms with Crippen LogP contribution in [0.15, 0.2) is 41.4 Å². The summed E-state index contributed by atoms with van der Waals surface area (Å²) in [6.07, 6.45) is 0.775. The first-order valence-corrected chi connectivity index (χ1v) is 10.6. The molecule has 7 heteroatoms. The van der Waals surface area contributed by atoms with E-state index in [-0.39, 0.29) is 0 Å². The van der Waals surface area contributed by atoms with E-state index in [9.17, 15) is 0 Å². The summed E-state index contributed by atoms with van der Waals surface area (Å²) in [6, 6.07) is 12.0. The molecular weight excluding hydrogens is 394 g/mol. The van der Waals surface area contributed by atoms with Crippen LogP contribution in [0.25, 0.3) is 0 Å². The van der Waals surface area contributed by atoms with Gasteiger partial charge in [-0.1, -0.05) is 12.1 Å². The highest BCUT2D eigenvalue weighted by Crippen LogP contribution is 2.24. The van der Waals surface area contributed by atoms with Gasteiger partial charge in [-0.2, -0.15) is 0 Å². The second kappa shape index (κ2) is 13.4. The van der Waals surface area contributed by atoms with Gasteiger partial charge >= 0.3 is 0 Å². The Balaban J connectivity index is 1.90. The van der Waals surface area contributed by atoms with Gasteiger partial charge in [0.25, 0.3) is 0 Å². The number of ether oxygens (including phenoxy) is 4. The Labute approximate surface area is 185 Å². The molecule has 0 saturated heterocycles. The molecule has 0 fully saturated rings. The van der Waals surface area contributed by atoms with Crippen LogP contribution in [0.3, 0.4) is 0 Å². The van der Waals surface area contributed by atoms with Crippen molar-refractivity contribution in [2.45, 2.75) is 26.8 Å².